The van der Waals surface area contributed by atoms with Crippen LogP contribution < -0.4 is 10.1 Å². The van der Waals surface area contributed by atoms with Gasteiger partial charge < -0.3 is 14.5 Å². The van der Waals surface area contributed by atoms with Crippen molar-refractivity contribution in [2.75, 3.05) is 12.4 Å². The SMILES string of the molecule is COc1ccc(NC(C)c2ccco2)cc1Br. The largest absolute Gasteiger partial charge is 0.496 e. The molecular weight excluding hydrogens is 282 g/mol. The third-order valence-corrected chi connectivity index (χ3v) is 3.12. The van der Waals surface area contributed by atoms with Gasteiger partial charge >= 0.3 is 0 Å². The van der Waals surface area contributed by atoms with Gasteiger partial charge in [0.15, 0.2) is 0 Å². The van der Waals surface area contributed by atoms with E-state index in [0.717, 1.165) is 21.7 Å². The molecule has 1 heterocycles. The lowest BCUT2D eigenvalue weighted by molar-refractivity contribution is 0.412. The van der Waals surface area contributed by atoms with Crippen molar-refractivity contribution >= 4 is 21.6 Å². The van der Waals surface area contributed by atoms with Crippen molar-refractivity contribution < 1.29 is 9.15 Å². The minimum Gasteiger partial charge on any atom is -0.496 e. The van der Waals surface area contributed by atoms with Gasteiger partial charge in [0.25, 0.3) is 0 Å². The maximum absolute atomic E-state index is 5.34. The molecule has 17 heavy (non-hydrogen) atoms. The molecule has 1 aromatic carbocycles. The number of ether oxygens (including phenoxy) is 1. The fraction of sp³-hybridized carbons (Fsp3) is 0.231. The Morgan fingerprint density at radius 3 is 2.76 bits per heavy atom. The first-order valence-corrected chi connectivity index (χ1v) is 6.13. The fourth-order valence-electron chi connectivity index (χ4n) is 1.61. The Morgan fingerprint density at radius 1 is 1.35 bits per heavy atom. The van der Waals surface area contributed by atoms with Crippen LogP contribution in [0.2, 0.25) is 0 Å². The van der Waals surface area contributed by atoms with Gasteiger partial charge in [-0.3, -0.25) is 0 Å². The summed E-state index contributed by atoms with van der Waals surface area (Å²) in [6, 6.07) is 9.85. The number of nitrogens with one attached hydrogen (secondary N) is 1. The van der Waals surface area contributed by atoms with Crippen molar-refractivity contribution in [2.24, 2.45) is 0 Å². The lowest BCUT2D eigenvalue weighted by Crippen LogP contribution is -2.05. The summed E-state index contributed by atoms with van der Waals surface area (Å²) in [6.07, 6.45) is 1.68. The molecule has 0 spiro atoms. The van der Waals surface area contributed by atoms with Gasteiger partial charge in [-0.15, -0.1) is 0 Å². The molecule has 3 nitrogen and oxygen atoms in total. The van der Waals surface area contributed by atoms with Crippen LogP contribution in [0.15, 0.2) is 45.5 Å². The fourth-order valence-corrected chi connectivity index (χ4v) is 2.16. The molecule has 4 heteroatoms. The van der Waals surface area contributed by atoms with Crippen LogP contribution in [0.3, 0.4) is 0 Å². The number of hydrogen-bond donors (Lipinski definition) is 1. The van der Waals surface area contributed by atoms with Gasteiger partial charge in [0.1, 0.15) is 11.5 Å². The second-order valence-corrected chi connectivity index (χ2v) is 4.59. The molecule has 0 aliphatic rings. The number of furan rings is 1. The first-order valence-electron chi connectivity index (χ1n) is 5.34. The molecule has 90 valence electrons. The van der Waals surface area contributed by atoms with E-state index in [4.69, 9.17) is 9.15 Å². The van der Waals surface area contributed by atoms with Gasteiger partial charge in [0, 0.05) is 5.69 Å². The third-order valence-electron chi connectivity index (χ3n) is 2.50. The van der Waals surface area contributed by atoms with Crippen LogP contribution in [0, 0.1) is 0 Å². The quantitative estimate of drug-likeness (QED) is 0.917. The Labute approximate surface area is 109 Å². The monoisotopic (exact) mass is 295 g/mol. The Hall–Kier alpha value is -1.42. The Balaban J connectivity index is 2.11. The molecule has 2 aromatic rings. The van der Waals surface area contributed by atoms with E-state index in [9.17, 15) is 0 Å². The van der Waals surface area contributed by atoms with E-state index < -0.39 is 0 Å². The maximum atomic E-state index is 5.34. The van der Waals surface area contributed by atoms with Gasteiger partial charge in [-0.05, 0) is 53.2 Å². The van der Waals surface area contributed by atoms with Crippen LogP contribution in [0.1, 0.15) is 18.7 Å². The normalized spacial score (nSPS) is 12.2. The zero-order valence-corrected chi connectivity index (χ0v) is 11.3. The summed E-state index contributed by atoms with van der Waals surface area (Å²) < 4.78 is 11.5. The summed E-state index contributed by atoms with van der Waals surface area (Å²) in [5, 5.41) is 3.36. The zero-order valence-electron chi connectivity index (χ0n) is 9.74. The Bertz CT molecular complexity index is 482. The van der Waals surface area contributed by atoms with E-state index >= 15 is 0 Å². The van der Waals surface area contributed by atoms with Crippen LogP contribution >= 0.6 is 15.9 Å². The van der Waals surface area contributed by atoms with Crippen LogP contribution in [-0.4, -0.2) is 7.11 Å². The Morgan fingerprint density at radius 2 is 2.18 bits per heavy atom. The predicted molar refractivity (Wildman–Crippen MR) is 71.4 cm³/mol. The topological polar surface area (TPSA) is 34.4 Å². The van der Waals surface area contributed by atoms with Gasteiger partial charge in [0.2, 0.25) is 0 Å². The lowest BCUT2D eigenvalue weighted by Gasteiger charge is -2.14. The molecule has 0 aliphatic carbocycles. The van der Waals surface area contributed by atoms with Gasteiger partial charge in [-0.25, -0.2) is 0 Å². The molecule has 0 fully saturated rings. The molecule has 1 atom stereocenters. The van der Waals surface area contributed by atoms with Crippen molar-refractivity contribution in [3.8, 4) is 5.75 Å². The van der Waals surface area contributed by atoms with Crippen LogP contribution in [0.5, 0.6) is 5.75 Å². The average molecular weight is 296 g/mol. The molecule has 0 amide bonds. The Kier molecular flexibility index (Phi) is 3.74. The summed E-state index contributed by atoms with van der Waals surface area (Å²) in [5.41, 5.74) is 1.02. The number of benzene rings is 1. The third kappa shape index (κ3) is 2.82. The van der Waals surface area contributed by atoms with Gasteiger partial charge in [-0.1, -0.05) is 0 Å². The van der Waals surface area contributed by atoms with Crippen molar-refractivity contribution in [1.29, 1.82) is 0 Å². The van der Waals surface area contributed by atoms with Crippen LogP contribution in [0.4, 0.5) is 5.69 Å². The highest BCUT2D eigenvalue weighted by Gasteiger charge is 2.08. The summed E-state index contributed by atoms with van der Waals surface area (Å²) >= 11 is 3.46. The molecule has 0 aliphatic heterocycles. The van der Waals surface area contributed by atoms with E-state index in [1.807, 2.05) is 30.3 Å². The summed E-state index contributed by atoms with van der Waals surface area (Å²) in [6.45, 7) is 2.05. The summed E-state index contributed by atoms with van der Waals surface area (Å²) in [5.74, 6) is 1.73. The first-order chi connectivity index (χ1) is 8.20. The molecule has 1 unspecified atom stereocenters. The van der Waals surface area contributed by atoms with Crippen LogP contribution in [-0.2, 0) is 0 Å². The zero-order chi connectivity index (χ0) is 12.3. The van der Waals surface area contributed by atoms with Gasteiger partial charge in [0.05, 0.1) is 23.9 Å². The van der Waals surface area contributed by atoms with Crippen LogP contribution in [0.25, 0.3) is 0 Å². The van der Waals surface area contributed by atoms with E-state index in [-0.39, 0.29) is 6.04 Å². The smallest absolute Gasteiger partial charge is 0.133 e. The van der Waals surface area contributed by atoms with Crippen molar-refractivity contribution in [1.82, 2.24) is 0 Å². The maximum Gasteiger partial charge on any atom is 0.133 e. The number of halogens is 1. The highest BCUT2D eigenvalue weighted by atomic mass is 79.9. The lowest BCUT2D eigenvalue weighted by atomic mass is 10.2. The molecule has 2 rings (SSSR count). The molecule has 0 radical (unpaired) electrons. The molecular formula is C13H14BrNO2. The summed E-state index contributed by atoms with van der Waals surface area (Å²) in [4.78, 5) is 0. The molecule has 1 aromatic heterocycles. The summed E-state index contributed by atoms with van der Waals surface area (Å²) in [7, 11) is 1.65. The highest BCUT2D eigenvalue weighted by Crippen LogP contribution is 2.29. The molecule has 1 N–H and O–H groups in total. The standard InChI is InChI=1S/C13H14BrNO2/c1-9(12-4-3-7-17-12)15-10-5-6-13(16-2)11(14)8-10/h3-9,15H,1-2H3. The van der Waals surface area contributed by atoms with E-state index in [0.29, 0.717) is 0 Å². The average Bonchev–Trinajstić information content (AvgIpc) is 2.82. The molecule has 0 bridgehead atoms. The molecule has 0 saturated carbocycles. The van der Waals surface area contributed by atoms with Crippen molar-refractivity contribution in [3.63, 3.8) is 0 Å². The second-order valence-electron chi connectivity index (χ2n) is 3.73. The minimum absolute atomic E-state index is 0.130. The van der Waals surface area contributed by atoms with E-state index in [2.05, 4.69) is 28.2 Å². The molecule has 0 saturated heterocycles. The minimum atomic E-state index is 0.130. The van der Waals surface area contributed by atoms with E-state index in [1.54, 1.807) is 13.4 Å². The number of hydrogen-bond acceptors (Lipinski definition) is 3. The van der Waals surface area contributed by atoms with Crippen molar-refractivity contribution in [3.05, 3.63) is 46.8 Å². The van der Waals surface area contributed by atoms with Gasteiger partial charge in [-0.2, -0.15) is 0 Å². The number of anilines is 1. The van der Waals surface area contributed by atoms with E-state index in [1.165, 1.54) is 0 Å². The van der Waals surface area contributed by atoms with Crippen molar-refractivity contribution in [2.45, 2.75) is 13.0 Å². The first kappa shape index (κ1) is 12.0. The highest BCUT2D eigenvalue weighted by molar-refractivity contribution is 9.10. The number of methoxy groups -OCH3 is 1. The number of rotatable bonds is 4. The predicted octanol–water partition coefficient (Wildman–Crippen LogP) is 4.22. The second kappa shape index (κ2) is 5.27.